The fourth-order valence-electron chi connectivity index (χ4n) is 3.68. The summed E-state index contributed by atoms with van der Waals surface area (Å²) in [6.07, 6.45) is 5.28. The Labute approximate surface area is 182 Å². The van der Waals surface area contributed by atoms with E-state index in [-0.39, 0.29) is 17.6 Å². The van der Waals surface area contributed by atoms with Gasteiger partial charge in [0.15, 0.2) is 10.8 Å². The maximum atomic E-state index is 13.0. The van der Waals surface area contributed by atoms with Crippen LogP contribution in [-0.2, 0) is 4.74 Å². The van der Waals surface area contributed by atoms with E-state index in [9.17, 15) is 9.59 Å². The summed E-state index contributed by atoms with van der Waals surface area (Å²) < 4.78 is 6.78. The molecule has 3 aromatic rings. The number of nitrogens with zero attached hydrogens (tertiary/aromatic N) is 4. The molecule has 1 N–H and O–H groups in total. The molecule has 0 bridgehead atoms. The van der Waals surface area contributed by atoms with E-state index in [0.29, 0.717) is 27.5 Å². The zero-order chi connectivity index (χ0) is 21.3. The highest BCUT2D eigenvalue weighted by Crippen LogP contribution is 2.27. The molecule has 10 heteroatoms. The maximum Gasteiger partial charge on any atom is 0.343 e. The Morgan fingerprint density at radius 3 is 2.87 bits per heavy atom. The first kappa shape index (κ1) is 20.8. The van der Waals surface area contributed by atoms with E-state index in [1.54, 1.807) is 23.8 Å². The van der Waals surface area contributed by atoms with Gasteiger partial charge in [-0.25, -0.2) is 14.8 Å². The molecule has 1 fully saturated rings. The number of anilines is 1. The zero-order valence-electron chi connectivity index (χ0n) is 17.0. The lowest BCUT2D eigenvalue weighted by molar-refractivity contribution is 0.0524. The summed E-state index contributed by atoms with van der Waals surface area (Å²) in [7, 11) is 1.97. The van der Waals surface area contributed by atoms with Crippen molar-refractivity contribution in [2.45, 2.75) is 18.2 Å². The van der Waals surface area contributed by atoms with Crippen LogP contribution in [0.1, 0.15) is 17.3 Å². The number of rotatable bonds is 6. The van der Waals surface area contributed by atoms with Crippen LogP contribution in [0.2, 0.25) is 0 Å². The molecule has 3 aromatic heterocycles. The second-order valence-electron chi connectivity index (χ2n) is 6.89. The number of ether oxygens (including phenoxy) is 1. The first-order valence-corrected chi connectivity index (χ1v) is 11.8. The van der Waals surface area contributed by atoms with E-state index in [1.165, 1.54) is 17.5 Å². The van der Waals surface area contributed by atoms with Crippen molar-refractivity contribution in [3.05, 3.63) is 45.7 Å². The van der Waals surface area contributed by atoms with Crippen molar-refractivity contribution in [1.29, 1.82) is 0 Å². The van der Waals surface area contributed by atoms with E-state index >= 15 is 0 Å². The van der Waals surface area contributed by atoms with Gasteiger partial charge in [0.1, 0.15) is 11.4 Å². The molecule has 0 spiro atoms. The number of thioether (sulfide) groups is 1. The largest absolute Gasteiger partial charge is 0.462 e. The zero-order valence-corrected chi connectivity index (χ0v) is 18.6. The molecule has 0 saturated carbocycles. The quantitative estimate of drug-likeness (QED) is 0.578. The fourth-order valence-corrected chi connectivity index (χ4v) is 5.18. The monoisotopic (exact) mass is 445 g/mol. The predicted molar refractivity (Wildman–Crippen MR) is 121 cm³/mol. The van der Waals surface area contributed by atoms with Crippen molar-refractivity contribution in [2.24, 2.45) is 0 Å². The number of aromatic nitrogens is 3. The van der Waals surface area contributed by atoms with Gasteiger partial charge >= 0.3 is 5.97 Å². The lowest BCUT2D eigenvalue weighted by atomic mass is 10.2. The van der Waals surface area contributed by atoms with E-state index in [2.05, 4.69) is 21.5 Å². The van der Waals surface area contributed by atoms with Gasteiger partial charge in [0.25, 0.3) is 0 Å². The summed E-state index contributed by atoms with van der Waals surface area (Å²) in [6, 6.07) is 3.96. The fraction of sp³-hybridized carbons (Fsp3) is 0.400. The third-order valence-corrected chi connectivity index (χ3v) is 7.07. The molecular formula is C20H23N5O3S2. The lowest BCUT2D eigenvalue weighted by Crippen LogP contribution is -2.34. The van der Waals surface area contributed by atoms with Gasteiger partial charge in [-0.1, -0.05) is 0 Å². The number of likely N-dealkylation sites (N-methyl/N-ethyl adjacent to an activating group) is 1. The number of thiazole rings is 1. The maximum absolute atomic E-state index is 13.0. The average Bonchev–Trinajstić information content (AvgIpc) is 3.43. The molecule has 0 aliphatic carbocycles. The summed E-state index contributed by atoms with van der Waals surface area (Å²) in [5, 5.41) is 6.67. The molecule has 158 valence electrons. The molecule has 0 amide bonds. The average molecular weight is 446 g/mol. The summed E-state index contributed by atoms with van der Waals surface area (Å²) in [6.45, 7) is 3.61. The normalized spacial score (nSPS) is 18.8. The Morgan fingerprint density at radius 1 is 1.40 bits per heavy atom. The molecular weight excluding hydrogens is 422 g/mol. The number of hydrogen-bond donors (Lipinski definition) is 1. The highest BCUT2D eigenvalue weighted by molar-refractivity contribution is 7.99. The topological polar surface area (TPSA) is 89.3 Å². The Kier molecular flexibility index (Phi) is 6.07. The Morgan fingerprint density at radius 2 is 2.23 bits per heavy atom. The number of nitrogens with one attached hydrogen (secondary N) is 1. The van der Waals surface area contributed by atoms with Crippen molar-refractivity contribution in [3.63, 3.8) is 0 Å². The Balaban J connectivity index is 1.85. The number of pyridine rings is 2. The van der Waals surface area contributed by atoms with Gasteiger partial charge in [-0.05, 0) is 32.4 Å². The third kappa shape index (κ3) is 3.70. The molecule has 0 aromatic carbocycles. The van der Waals surface area contributed by atoms with Crippen LogP contribution in [0.25, 0.3) is 16.2 Å². The van der Waals surface area contributed by atoms with Gasteiger partial charge in [0, 0.05) is 42.2 Å². The number of esters is 1. The smallest absolute Gasteiger partial charge is 0.343 e. The Hall–Kier alpha value is -2.43. The van der Waals surface area contributed by atoms with Crippen LogP contribution in [0.15, 0.2) is 34.7 Å². The first-order chi connectivity index (χ1) is 14.6. The van der Waals surface area contributed by atoms with E-state index in [4.69, 9.17) is 9.72 Å². The number of carbonyl (C=O) groups is 1. The van der Waals surface area contributed by atoms with Crippen molar-refractivity contribution in [1.82, 2.24) is 19.9 Å². The molecule has 1 saturated heterocycles. The third-order valence-electron chi connectivity index (χ3n) is 5.22. The van der Waals surface area contributed by atoms with Crippen molar-refractivity contribution < 1.29 is 9.53 Å². The van der Waals surface area contributed by atoms with E-state index in [1.807, 2.05) is 30.3 Å². The minimum atomic E-state index is -0.641. The highest BCUT2D eigenvalue weighted by Gasteiger charge is 2.32. The summed E-state index contributed by atoms with van der Waals surface area (Å²) in [5.41, 5.74) is 0.0777. The van der Waals surface area contributed by atoms with Crippen LogP contribution in [-0.4, -0.2) is 64.8 Å². The van der Waals surface area contributed by atoms with Crippen LogP contribution >= 0.6 is 23.1 Å². The minimum Gasteiger partial charge on any atom is -0.462 e. The van der Waals surface area contributed by atoms with Gasteiger partial charge in [-0.3, -0.25) is 9.36 Å². The van der Waals surface area contributed by atoms with Crippen molar-refractivity contribution in [3.8, 4) is 5.13 Å². The molecule has 30 heavy (non-hydrogen) atoms. The molecule has 8 nitrogen and oxygen atoms in total. The Bertz CT molecular complexity index is 1100. The SMILES string of the molecule is CCOC(=O)c1cn(-c2nccs2)c2nc(N3CC(NC)C(SC)C3)ccc2c1=O. The van der Waals surface area contributed by atoms with Gasteiger partial charge < -0.3 is 15.0 Å². The highest BCUT2D eigenvalue weighted by atomic mass is 32.2. The van der Waals surface area contributed by atoms with Crippen LogP contribution in [0.5, 0.6) is 0 Å². The van der Waals surface area contributed by atoms with Gasteiger partial charge in [-0.15, -0.1) is 11.3 Å². The van der Waals surface area contributed by atoms with Gasteiger partial charge in [-0.2, -0.15) is 11.8 Å². The molecule has 4 rings (SSSR count). The summed E-state index contributed by atoms with van der Waals surface area (Å²) in [4.78, 5) is 36.7. The van der Waals surface area contributed by atoms with Gasteiger partial charge in [0.05, 0.1) is 12.0 Å². The summed E-state index contributed by atoms with van der Waals surface area (Å²) >= 11 is 3.24. The molecule has 4 heterocycles. The molecule has 2 unspecified atom stereocenters. The molecule has 1 aliphatic rings. The van der Waals surface area contributed by atoms with Crippen LogP contribution in [0.3, 0.4) is 0 Å². The molecule has 1 aliphatic heterocycles. The van der Waals surface area contributed by atoms with Crippen LogP contribution in [0.4, 0.5) is 5.82 Å². The number of carbonyl (C=O) groups excluding carboxylic acids is 1. The lowest BCUT2D eigenvalue weighted by Gasteiger charge is -2.18. The first-order valence-electron chi connectivity index (χ1n) is 9.65. The number of fused-ring (bicyclic) bond motifs is 1. The van der Waals surface area contributed by atoms with Crippen molar-refractivity contribution in [2.75, 3.05) is 37.9 Å². The summed E-state index contributed by atoms with van der Waals surface area (Å²) in [5.74, 6) is 0.158. The second kappa shape index (κ2) is 8.75. The van der Waals surface area contributed by atoms with Crippen LogP contribution in [0, 0.1) is 0 Å². The predicted octanol–water partition coefficient (Wildman–Crippen LogP) is 2.16. The van der Waals surface area contributed by atoms with E-state index < -0.39 is 5.97 Å². The van der Waals surface area contributed by atoms with Crippen molar-refractivity contribution >= 4 is 45.9 Å². The van der Waals surface area contributed by atoms with Gasteiger partial charge in [0.2, 0.25) is 5.43 Å². The molecule has 2 atom stereocenters. The van der Waals surface area contributed by atoms with E-state index in [0.717, 1.165) is 18.9 Å². The minimum absolute atomic E-state index is 0.0204. The number of hydrogen-bond acceptors (Lipinski definition) is 9. The standard InChI is InChI=1S/C20H23N5O3S2/c1-4-28-19(27)13-9-25(20-22-7-8-30-20)18-12(17(13)26)5-6-16(23-18)24-10-14(21-2)15(11-24)29-3/h5-9,14-15,21H,4,10-11H2,1-3H3. The molecule has 0 radical (unpaired) electrons. The van der Waals surface area contributed by atoms with Crippen LogP contribution < -0.4 is 15.6 Å². The second-order valence-corrected chi connectivity index (χ2v) is 8.84.